The van der Waals surface area contributed by atoms with E-state index in [0.29, 0.717) is 0 Å². The Kier molecular flexibility index (Phi) is 4.13. The lowest BCUT2D eigenvalue weighted by atomic mass is 9.94. The minimum Gasteiger partial charge on any atom is -0.455 e. The molecule has 0 bridgehead atoms. The van der Waals surface area contributed by atoms with E-state index in [-0.39, 0.29) is 0 Å². The van der Waals surface area contributed by atoms with Crippen LogP contribution < -0.4 is 0 Å². The van der Waals surface area contributed by atoms with Gasteiger partial charge in [0.25, 0.3) is 0 Å². The first-order valence-electron chi connectivity index (χ1n) is 12.0. The summed E-state index contributed by atoms with van der Waals surface area (Å²) in [6.07, 6.45) is 9.04. The molecule has 4 aromatic carbocycles. The molecule has 0 fully saturated rings. The van der Waals surface area contributed by atoms with Crippen LogP contribution in [0.25, 0.3) is 60.6 Å². The summed E-state index contributed by atoms with van der Waals surface area (Å²) in [7, 11) is 0. The molecular weight excluding hydrogens is 414 g/mol. The van der Waals surface area contributed by atoms with Gasteiger partial charge in [-0.2, -0.15) is 0 Å². The third-order valence-corrected chi connectivity index (χ3v) is 7.30. The van der Waals surface area contributed by atoms with E-state index in [1.165, 1.54) is 60.5 Å². The normalized spacial score (nSPS) is 14.0. The van der Waals surface area contributed by atoms with Crippen molar-refractivity contribution in [3.63, 3.8) is 0 Å². The van der Waals surface area contributed by atoms with Crippen molar-refractivity contribution in [2.45, 2.75) is 26.7 Å². The molecule has 2 heteroatoms. The van der Waals surface area contributed by atoms with Gasteiger partial charge in [0.2, 0.25) is 0 Å². The fraction of sp³-hybridized carbons (Fsp3) is 0.125. The Hall–Kier alpha value is -4.04. The predicted molar refractivity (Wildman–Crippen MR) is 144 cm³/mol. The second-order valence-corrected chi connectivity index (χ2v) is 9.35. The molecule has 0 unspecified atom stereocenters. The molecule has 2 heterocycles. The molecule has 0 saturated carbocycles. The summed E-state index contributed by atoms with van der Waals surface area (Å²) in [4.78, 5) is 0. The maximum Gasteiger partial charge on any atom is 0.145 e. The summed E-state index contributed by atoms with van der Waals surface area (Å²) in [5.74, 6) is 0. The summed E-state index contributed by atoms with van der Waals surface area (Å²) in [5, 5.41) is 4.77. The lowest BCUT2D eigenvalue weighted by Gasteiger charge is -2.11. The van der Waals surface area contributed by atoms with Crippen LogP contribution in [0, 0.1) is 13.8 Å². The molecule has 0 N–H and O–H groups in total. The van der Waals surface area contributed by atoms with Gasteiger partial charge in [-0.15, -0.1) is 0 Å². The fourth-order valence-corrected chi connectivity index (χ4v) is 5.68. The van der Waals surface area contributed by atoms with Crippen molar-refractivity contribution in [2.24, 2.45) is 0 Å². The number of benzene rings is 4. The molecular formula is C32H25NO. The number of rotatable bonds is 2. The van der Waals surface area contributed by atoms with Gasteiger partial charge >= 0.3 is 0 Å². The van der Waals surface area contributed by atoms with E-state index in [9.17, 15) is 0 Å². The SMILES string of the molecule is Cc1ccccc1-c1c(C)ccc2c1oc1c2ccc2c1c1ccccc1n2C1=CCCC=C1. The third-order valence-electron chi connectivity index (χ3n) is 7.30. The van der Waals surface area contributed by atoms with Crippen molar-refractivity contribution in [3.05, 3.63) is 102 Å². The first-order valence-corrected chi connectivity index (χ1v) is 12.0. The Labute approximate surface area is 198 Å². The molecule has 34 heavy (non-hydrogen) atoms. The van der Waals surface area contributed by atoms with Gasteiger partial charge in [-0.25, -0.2) is 0 Å². The molecule has 164 valence electrons. The fourth-order valence-electron chi connectivity index (χ4n) is 5.68. The van der Waals surface area contributed by atoms with Gasteiger partial charge in [0.15, 0.2) is 0 Å². The maximum absolute atomic E-state index is 6.85. The van der Waals surface area contributed by atoms with Crippen molar-refractivity contribution in [2.75, 3.05) is 0 Å². The highest BCUT2D eigenvalue weighted by molar-refractivity contribution is 6.25. The van der Waals surface area contributed by atoms with Crippen molar-refractivity contribution in [3.8, 4) is 11.1 Å². The molecule has 0 radical (unpaired) electrons. The topological polar surface area (TPSA) is 18.1 Å². The van der Waals surface area contributed by atoms with E-state index >= 15 is 0 Å². The molecule has 0 atom stereocenters. The van der Waals surface area contributed by atoms with Gasteiger partial charge in [-0.3, -0.25) is 0 Å². The number of hydrogen-bond donors (Lipinski definition) is 0. The molecule has 2 aromatic heterocycles. The van der Waals surface area contributed by atoms with Crippen molar-refractivity contribution < 1.29 is 4.42 Å². The zero-order chi connectivity index (χ0) is 22.8. The van der Waals surface area contributed by atoms with E-state index in [4.69, 9.17) is 4.42 Å². The Morgan fingerprint density at radius 1 is 0.676 bits per heavy atom. The highest BCUT2D eigenvalue weighted by atomic mass is 16.3. The Morgan fingerprint density at radius 3 is 2.32 bits per heavy atom. The molecule has 0 spiro atoms. The Balaban J connectivity index is 1.65. The van der Waals surface area contributed by atoms with Gasteiger partial charge in [0.1, 0.15) is 11.2 Å². The van der Waals surface area contributed by atoms with E-state index in [1.54, 1.807) is 0 Å². The number of aromatic nitrogens is 1. The second-order valence-electron chi connectivity index (χ2n) is 9.35. The van der Waals surface area contributed by atoms with Crippen molar-refractivity contribution >= 4 is 49.4 Å². The molecule has 7 rings (SSSR count). The lowest BCUT2D eigenvalue weighted by Crippen LogP contribution is -1.96. The summed E-state index contributed by atoms with van der Waals surface area (Å²) in [6.45, 7) is 4.35. The smallest absolute Gasteiger partial charge is 0.145 e. The van der Waals surface area contributed by atoms with Crippen LogP contribution in [0.1, 0.15) is 24.0 Å². The standard InChI is InChI=1S/C32H25NO/c1-20-10-6-7-13-23(20)29-21(2)16-17-24-25-18-19-28-30(32(25)34-31(24)29)26-14-8-9-15-27(26)33(28)22-11-4-3-5-12-22/h4,6-19H,3,5H2,1-2H3. The Bertz CT molecular complexity index is 1820. The van der Waals surface area contributed by atoms with Gasteiger partial charge in [0.05, 0.1) is 16.4 Å². The lowest BCUT2D eigenvalue weighted by molar-refractivity contribution is 0.673. The van der Waals surface area contributed by atoms with Crippen LogP contribution in [0.15, 0.2) is 95.4 Å². The van der Waals surface area contributed by atoms with E-state index in [0.717, 1.165) is 24.0 Å². The van der Waals surface area contributed by atoms with Crippen LogP contribution in [0.5, 0.6) is 0 Å². The van der Waals surface area contributed by atoms with E-state index in [2.05, 4.69) is 109 Å². The monoisotopic (exact) mass is 439 g/mol. The average Bonchev–Trinajstić information content (AvgIpc) is 3.41. The van der Waals surface area contributed by atoms with Crippen LogP contribution in [-0.4, -0.2) is 4.57 Å². The Morgan fingerprint density at radius 2 is 1.47 bits per heavy atom. The van der Waals surface area contributed by atoms with Crippen LogP contribution >= 0.6 is 0 Å². The van der Waals surface area contributed by atoms with Crippen LogP contribution in [0.3, 0.4) is 0 Å². The zero-order valence-electron chi connectivity index (χ0n) is 19.4. The number of aryl methyl sites for hydroxylation is 2. The summed E-state index contributed by atoms with van der Waals surface area (Å²) in [5.41, 5.74) is 10.5. The number of nitrogens with zero attached hydrogens (tertiary/aromatic N) is 1. The second kappa shape index (κ2) is 7.23. The molecule has 1 aliphatic rings. The van der Waals surface area contributed by atoms with Gasteiger partial charge in [0, 0.05) is 27.4 Å². The number of furan rings is 1. The highest BCUT2D eigenvalue weighted by Gasteiger charge is 2.21. The summed E-state index contributed by atoms with van der Waals surface area (Å²) >= 11 is 0. The van der Waals surface area contributed by atoms with Crippen LogP contribution in [-0.2, 0) is 0 Å². The van der Waals surface area contributed by atoms with Crippen LogP contribution in [0.2, 0.25) is 0 Å². The maximum atomic E-state index is 6.85. The van der Waals surface area contributed by atoms with E-state index < -0.39 is 0 Å². The summed E-state index contributed by atoms with van der Waals surface area (Å²) in [6, 6.07) is 26.2. The molecule has 2 nitrogen and oxygen atoms in total. The largest absolute Gasteiger partial charge is 0.455 e. The minimum absolute atomic E-state index is 0.975. The summed E-state index contributed by atoms with van der Waals surface area (Å²) < 4.78 is 9.23. The van der Waals surface area contributed by atoms with Gasteiger partial charge in [-0.05, 0) is 67.7 Å². The number of hydrogen-bond acceptors (Lipinski definition) is 1. The average molecular weight is 440 g/mol. The molecule has 0 saturated heterocycles. The van der Waals surface area contributed by atoms with Crippen molar-refractivity contribution in [1.29, 1.82) is 0 Å². The van der Waals surface area contributed by atoms with Crippen LogP contribution in [0.4, 0.5) is 0 Å². The molecule has 1 aliphatic carbocycles. The molecule has 0 aliphatic heterocycles. The first-order chi connectivity index (χ1) is 16.7. The number of fused-ring (bicyclic) bond motifs is 7. The third kappa shape index (κ3) is 2.63. The van der Waals surface area contributed by atoms with Gasteiger partial charge in [-0.1, -0.05) is 66.7 Å². The first kappa shape index (κ1) is 19.4. The van der Waals surface area contributed by atoms with Crippen molar-refractivity contribution in [1.82, 2.24) is 4.57 Å². The quantitative estimate of drug-likeness (QED) is 0.263. The number of allylic oxidation sites excluding steroid dienone is 4. The highest BCUT2D eigenvalue weighted by Crippen LogP contribution is 2.44. The predicted octanol–water partition coefficient (Wildman–Crippen LogP) is 9.17. The molecule has 0 amide bonds. The molecule has 6 aromatic rings. The zero-order valence-corrected chi connectivity index (χ0v) is 19.4. The van der Waals surface area contributed by atoms with E-state index in [1.807, 2.05) is 0 Å². The number of para-hydroxylation sites is 1. The van der Waals surface area contributed by atoms with Gasteiger partial charge < -0.3 is 8.98 Å². The minimum atomic E-state index is 0.975.